The van der Waals surface area contributed by atoms with Crippen molar-refractivity contribution in [2.75, 3.05) is 40.8 Å². The third-order valence-corrected chi connectivity index (χ3v) is 6.25. The molecule has 0 radical (unpaired) electrons. The first-order valence-electron chi connectivity index (χ1n) is 11.0. The third kappa shape index (κ3) is 4.35. The molecule has 8 heteroatoms. The lowest BCUT2D eigenvalue weighted by atomic mass is 9.79. The van der Waals surface area contributed by atoms with Gasteiger partial charge in [-0.15, -0.1) is 0 Å². The van der Waals surface area contributed by atoms with Crippen LogP contribution in [-0.4, -0.2) is 52.2 Å². The summed E-state index contributed by atoms with van der Waals surface area (Å²) in [5, 5.41) is 2.99. The second kappa shape index (κ2) is 9.97. The highest BCUT2D eigenvalue weighted by Gasteiger charge is 2.42. The van der Waals surface area contributed by atoms with Crippen LogP contribution < -0.4 is 24.3 Å². The van der Waals surface area contributed by atoms with Crippen molar-refractivity contribution in [3.8, 4) is 23.0 Å². The minimum absolute atomic E-state index is 0.141. The number of fused-ring (bicyclic) bond motifs is 1. The van der Waals surface area contributed by atoms with E-state index in [9.17, 15) is 9.59 Å². The van der Waals surface area contributed by atoms with Crippen LogP contribution in [0.3, 0.4) is 0 Å². The van der Waals surface area contributed by atoms with Gasteiger partial charge in [0.2, 0.25) is 11.7 Å². The standard InChI is InChI=1S/C27H28N2O6/c1-29-24(16-10-12-18(32-2)13-11-16)23(19-8-6-7-9-20(19)27(29)31)26(30)28-17-14-21(33-3)25(35-5)22(15-17)34-4/h6-15,23-24H,1-5H3,(H,28,30)/t23-,24+/m0/s1. The zero-order valence-electron chi connectivity index (χ0n) is 20.3. The average Bonchev–Trinajstić information content (AvgIpc) is 2.89. The number of hydrogen-bond acceptors (Lipinski definition) is 6. The molecule has 1 aliphatic rings. The van der Waals surface area contributed by atoms with Gasteiger partial charge in [-0.1, -0.05) is 30.3 Å². The van der Waals surface area contributed by atoms with Gasteiger partial charge in [-0.25, -0.2) is 0 Å². The van der Waals surface area contributed by atoms with E-state index in [2.05, 4.69) is 5.32 Å². The summed E-state index contributed by atoms with van der Waals surface area (Å²) in [7, 11) is 7.85. The Balaban J connectivity index is 1.79. The molecule has 0 bridgehead atoms. The Morgan fingerprint density at radius 3 is 2.06 bits per heavy atom. The third-order valence-electron chi connectivity index (χ3n) is 6.25. The van der Waals surface area contributed by atoms with Crippen molar-refractivity contribution in [3.63, 3.8) is 0 Å². The van der Waals surface area contributed by atoms with Gasteiger partial charge in [0.1, 0.15) is 5.75 Å². The molecule has 0 fully saturated rings. The SMILES string of the molecule is COc1ccc([C@@H]2[C@@H](C(=O)Nc3cc(OC)c(OC)c(OC)c3)c3ccccc3C(=O)N2C)cc1. The number of carbonyl (C=O) groups excluding carboxylic acids is 2. The minimum atomic E-state index is -0.665. The molecule has 3 aromatic rings. The fraction of sp³-hybridized carbons (Fsp3) is 0.259. The fourth-order valence-electron chi connectivity index (χ4n) is 4.55. The topological polar surface area (TPSA) is 86.3 Å². The highest BCUT2D eigenvalue weighted by atomic mass is 16.5. The predicted molar refractivity (Wildman–Crippen MR) is 132 cm³/mol. The Bertz CT molecular complexity index is 1220. The van der Waals surface area contributed by atoms with E-state index in [0.717, 1.165) is 5.56 Å². The number of ether oxygens (including phenoxy) is 4. The molecule has 35 heavy (non-hydrogen) atoms. The van der Waals surface area contributed by atoms with Crippen molar-refractivity contribution < 1.29 is 28.5 Å². The number of nitrogens with one attached hydrogen (secondary N) is 1. The lowest BCUT2D eigenvalue weighted by Gasteiger charge is -2.39. The van der Waals surface area contributed by atoms with Crippen molar-refractivity contribution in [2.45, 2.75) is 12.0 Å². The summed E-state index contributed by atoms with van der Waals surface area (Å²) >= 11 is 0. The van der Waals surface area contributed by atoms with Crippen LogP contribution in [0.2, 0.25) is 0 Å². The van der Waals surface area contributed by atoms with E-state index in [1.54, 1.807) is 43.3 Å². The van der Waals surface area contributed by atoms with Crippen molar-refractivity contribution in [3.05, 3.63) is 77.4 Å². The van der Waals surface area contributed by atoms with E-state index < -0.39 is 12.0 Å². The van der Waals surface area contributed by atoms with Crippen molar-refractivity contribution in [1.29, 1.82) is 0 Å². The van der Waals surface area contributed by atoms with Crippen LogP contribution in [0.1, 0.15) is 33.4 Å². The Hall–Kier alpha value is -4.20. The van der Waals surface area contributed by atoms with E-state index >= 15 is 0 Å². The second-order valence-electron chi connectivity index (χ2n) is 8.10. The molecule has 8 nitrogen and oxygen atoms in total. The number of methoxy groups -OCH3 is 4. The van der Waals surface area contributed by atoms with E-state index in [4.69, 9.17) is 18.9 Å². The van der Waals surface area contributed by atoms with Crippen LogP contribution in [0.25, 0.3) is 0 Å². The van der Waals surface area contributed by atoms with Crippen LogP contribution in [0.4, 0.5) is 5.69 Å². The molecule has 4 rings (SSSR count). The molecule has 0 aliphatic carbocycles. The highest BCUT2D eigenvalue weighted by Crippen LogP contribution is 2.44. The van der Waals surface area contributed by atoms with Crippen LogP contribution in [0.15, 0.2) is 60.7 Å². The Kier molecular flexibility index (Phi) is 6.82. The number of nitrogens with zero attached hydrogens (tertiary/aromatic N) is 1. The highest BCUT2D eigenvalue weighted by molar-refractivity contribution is 6.04. The van der Waals surface area contributed by atoms with E-state index in [1.165, 1.54) is 21.3 Å². The Labute approximate surface area is 204 Å². The lowest BCUT2D eigenvalue weighted by molar-refractivity contribution is -0.119. The molecular weight excluding hydrogens is 448 g/mol. The maximum atomic E-state index is 13.9. The Morgan fingerprint density at radius 1 is 0.857 bits per heavy atom. The quantitative estimate of drug-likeness (QED) is 0.548. The second-order valence-corrected chi connectivity index (χ2v) is 8.10. The van der Waals surface area contributed by atoms with Gasteiger partial charge >= 0.3 is 0 Å². The molecule has 1 heterocycles. The van der Waals surface area contributed by atoms with Gasteiger partial charge in [0.25, 0.3) is 5.91 Å². The molecule has 0 aromatic heterocycles. The number of amides is 2. The molecule has 2 amide bonds. The summed E-state index contributed by atoms with van der Waals surface area (Å²) in [6.07, 6.45) is 0. The summed E-state index contributed by atoms with van der Waals surface area (Å²) in [4.78, 5) is 28.7. The molecule has 1 aliphatic heterocycles. The molecule has 3 aromatic carbocycles. The molecule has 0 unspecified atom stereocenters. The molecule has 1 N–H and O–H groups in total. The average molecular weight is 477 g/mol. The maximum absolute atomic E-state index is 13.9. The summed E-state index contributed by atoms with van der Waals surface area (Å²) < 4.78 is 21.5. The first kappa shape index (κ1) is 23.9. The zero-order valence-corrected chi connectivity index (χ0v) is 20.3. The molecular formula is C27H28N2O6. The number of likely N-dealkylation sites (N-methyl/N-ethyl adjacent to an activating group) is 1. The number of anilines is 1. The van der Waals surface area contributed by atoms with Crippen molar-refractivity contribution in [2.24, 2.45) is 0 Å². The molecule has 0 saturated heterocycles. The first-order chi connectivity index (χ1) is 16.9. The van der Waals surface area contributed by atoms with Gasteiger partial charge in [-0.3, -0.25) is 9.59 Å². The monoisotopic (exact) mass is 476 g/mol. The van der Waals surface area contributed by atoms with Crippen LogP contribution in [0, 0.1) is 0 Å². The maximum Gasteiger partial charge on any atom is 0.254 e. The number of rotatable bonds is 7. The lowest BCUT2D eigenvalue weighted by Crippen LogP contribution is -2.44. The van der Waals surface area contributed by atoms with E-state index in [-0.39, 0.29) is 11.8 Å². The van der Waals surface area contributed by atoms with Crippen molar-refractivity contribution >= 4 is 17.5 Å². The molecule has 182 valence electrons. The normalized spacial score (nSPS) is 16.8. The van der Waals surface area contributed by atoms with E-state index in [0.29, 0.717) is 39.8 Å². The minimum Gasteiger partial charge on any atom is -0.497 e. The van der Waals surface area contributed by atoms with Gasteiger partial charge in [-0.05, 0) is 29.3 Å². The summed E-state index contributed by atoms with van der Waals surface area (Å²) in [5.74, 6) is 0.886. The van der Waals surface area contributed by atoms with Gasteiger partial charge in [0.05, 0.1) is 40.4 Å². The van der Waals surface area contributed by atoms with Crippen LogP contribution in [-0.2, 0) is 4.79 Å². The van der Waals surface area contributed by atoms with Gasteiger partial charge in [0.15, 0.2) is 11.5 Å². The molecule has 0 saturated carbocycles. The fourth-order valence-corrected chi connectivity index (χ4v) is 4.55. The zero-order chi connectivity index (χ0) is 25.1. The number of carbonyl (C=O) groups is 2. The molecule has 2 atom stereocenters. The predicted octanol–water partition coefficient (Wildman–Crippen LogP) is 4.27. The largest absolute Gasteiger partial charge is 0.497 e. The summed E-state index contributed by atoms with van der Waals surface area (Å²) in [6.45, 7) is 0. The number of hydrogen-bond donors (Lipinski definition) is 1. The van der Waals surface area contributed by atoms with Crippen LogP contribution in [0.5, 0.6) is 23.0 Å². The number of benzene rings is 3. The first-order valence-corrected chi connectivity index (χ1v) is 11.0. The smallest absolute Gasteiger partial charge is 0.254 e. The Morgan fingerprint density at radius 2 is 1.49 bits per heavy atom. The van der Waals surface area contributed by atoms with Crippen LogP contribution >= 0.6 is 0 Å². The summed E-state index contributed by atoms with van der Waals surface area (Å²) in [6, 6.07) is 17.4. The summed E-state index contributed by atoms with van der Waals surface area (Å²) in [5.41, 5.74) is 2.47. The van der Waals surface area contributed by atoms with Gasteiger partial charge in [-0.2, -0.15) is 0 Å². The van der Waals surface area contributed by atoms with Crippen molar-refractivity contribution in [1.82, 2.24) is 4.90 Å². The van der Waals surface area contributed by atoms with Gasteiger partial charge < -0.3 is 29.2 Å². The van der Waals surface area contributed by atoms with E-state index in [1.807, 2.05) is 36.4 Å². The van der Waals surface area contributed by atoms with Gasteiger partial charge in [0, 0.05) is 30.4 Å². The molecule has 0 spiro atoms.